The molecule has 0 saturated heterocycles. The molecule has 0 aliphatic rings. The molecule has 3 nitrogen and oxygen atoms in total. The van der Waals surface area contributed by atoms with Gasteiger partial charge in [0.15, 0.2) is 0 Å². The van der Waals surface area contributed by atoms with Crippen LogP contribution in [-0.2, 0) is 4.79 Å². The number of aromatic nitrogens is 1. The second-order valence-corrected chi connectivity index (χ2v) is 5.34. The van der Waals surface area contributed by atoms with E-state index in [0.717, 1.165) is 15.6 Å². The number of carbonyl (C=O) groups excluding carboxylic acids is 1. The van der Waals surface area contributed by atoms with Crippen molar-refractivity contribution in [1.29, 1.82) is 0 Å². The number of hydrogen-bond donors (Lipinski definition) is 1. The topological polar surface area (TPSA) is 42.0 Å². The standard InChI is InChI=1S/C12H12N2OS2/c1-9-7-12(17-14-9)13-11(15)8-16-10-5-3-2-4-6-10/h2-7H,8H2,1H3,(H,13,15). The van der Waals surface area contributed by atoms with Crippen molar-refractivity contribution in [2.75, 3.05) is 11.1 Å². The van der Waals surface area contributed by atoms with Crippen LogP contribution in [0.3, 0.4) is 0 Å². The van der Waals surface area contributed by atoms with Crippen LogP contribution in [0.5, 0.6) is 0 Å². The Morgan fingerprint density at radius 1 is 1.41 bits per heavy atom. The monoisotopic (exact) mass is 264 g/mol. The molecule has 17 heavy (non-hydrogen) atoms. The van der Waals surface area contributed by atoms with Gasteiger partial charge in [-0.05, 0) is 36.7 Å². The summed E-state index contributed by atoms with van der Waals surface area (Å²) < 4.78 is 4.11. The number of aryl methyl sites for hydroxylation is 1. The van der Waals surface area contributed by atoms with E-state index in [1.165, 1.54) is 23.3 Å². The summed E-state index contributed by atoms with van der Waals surface area (Å²) in [5, 5.41) is 3.64. The fourth-order valence-electron chi connectivity index (χ4n) is 1.26. The van der Waals surface area contributed by atoms with Crippen LogP contribution in [0.2, 0.25) is 0 Å². The lowest BCUT2D eigenvalue weighted by Gasteiger charge is -2.01. The minimum Gasteiger partial charge on any atom is -0.316 e. The van der Waals surface area contributed by atoms with Crippen LogP contribution >= 0.6 is 23.3 Å². The molecule has 5 heteroatoms. The Kier molecular flexibility index (Phi) is 4.17. The lowest BCUT2D eigenvalue weighted by atomic mass is 10.4. The van der Waals surface area contributed by atoms with E-state index < -0.39 is 0 Å². The summed E-state index contributed by atoms with van der Waals surface area (Å²) in [5.41, 5.74) is 0.931. The molecule has 1 N–H and O–H groups in total. The molecule has 1 heterocycles. The van der Waals surface area contributed by atoms with Crippen LogP contribution < -0.4 is 5.32 Å². The smallest absolute Gasteiger partial charge is 0.235 e. The van der Waals surface area contributed by atoms with E-state index in [9.17, 15) is 4.79 Å². The lowest BCUT2D eigenvalue weighted by molar-refractivity contribution is -0.113. The maximum Gasteiger partial charge on any atom is 0.235 e. The maximum absolute atomic E-state index is 11.6. The highest BCUT2D eigenvalue weighted by molar-refractivity contribution is 8.00. The molecule has 1 aromatic heterocycles. The third kappa shape index (κ3) is 3.87. The molecule has 1 amide bonds. The Morgan fingerprint density at radius 3 is 2.82 bits per heavy atom. The van der Waals surface area contributed by atoms with Gasteiger partial charge in [0.25, 0.3) is 0 Å². The van der Waals surface area contributed by atoms with Crippen molar-refractivity contribution in [1.82, 2.24) is 4.37 Å². The Morgan fingerprint density at radius 2 is 2.18 bits per heavy atom. The van der Waals surface area contributed by atoms with E-state index in [0.29, 0.717) is 5.75 Å². The molecule has 1 aromatic carbocycles. The highest BCUT2D eigenvalue weighted by Crippen LogP contribution is 2.19. The number of nitrogens with one attached hydrogen (secondary N) is 1. The predicted molar refractivity (Wildman–Crippen MR) is 72.6 cm³/mol. The first-order valence-corrected chi connectivity index (χ1v) is 6.91. The number of amides is 1. The van der Waals surface area contributed by atoms with Crippen LogP contribution in [0.15, 0.2) is 41.3 Å². The molecule has 0 atom stereocenters. The van der Waals surface area contributed by atoms with Gasteiger partial charge in [0.05, 0.1) is 11.4 Å². The molecule has 0 fully saturated rings. The van der Waals surface area contributed by atoms with Gasteiger partial charge in [-0.2, -0.15) is 4.37 Å². The molecule has 0 bridgehead atoms. The van der Waals surface area contributed by atoms with Crippen LogP contribution in [0, 0.1) is 6.92 Å². The molecule has 0 unspecified atom stereocenters. The average Bonchev–Trinajstić information content (AvgIpc) is 2.73. The summed E-state index contributed by atoms with van der Waals surface area (Å²) in [6, 6.07) is 11.8. The molecule has 0 aliphatic heterocycles. The van der Waals surface area contributed by atoms with Gasteiger partial charge in [0, 0.05) is 4.90 Å². The third-order valence-electron chi connectivity index (χ3n) is 2.00. The Bertz CT molecular complexity index is 496. The van der Waals surface area contributed by atoms with E-state index in [1.807, 2.05) is 43.3 Å². The normalized spacial score (nSPS) is 10.2. The van der Waals surface area contributed by atoms with Crippen LogP contribution in [-0.4, -0.2) is 16.0 Å². The summed E-state index contributed by atoms with van der Waals surface area (Å²) in [5.74, 6) is 0.420. The summed E-state index contributed by atoms with van der Waals surface area (Å²) in [7, 11) is 0. The Hall–Kier alpha value is -1.33. The summed E-state index contributed by atoms with van der Waals surface area (Å²) in [6.45, 7) is 1.91. The summed E-state index contributed by atoms with van der Waals surface area (Å²) >= 11 is 2.84. The molecular weight excluding hydrogens is 252 g/mol. The first-order valence-electron chi connectivity index (χ1n) is 5.15. The highest BCUT2D eigenvalue weighted by Gasteiger charge is 2.05. The average molecular weight is 264 g/mol. The molecule has 0 radical (unpaired) electrons. The number of anilines is 1. The van der Waals surface area contributed by atoms with Crippen LogP contribution in [0.4, 0.5) is 5.00 Å². The third-order valence-corrected chi connectivity index (χ3v) is 3.81. The van der Waals surface area contributed by atoms with E-state index >= 15 is 0 Å². The maximum atomic E-state index is 11.6. The van der Waals surface area contributed by atoms with Crippen LogP contribution in [0.25, 0.3) is 0 Å². The van der Waals surface area contributed by atoms with Gasteiger partial charge in [-0.15, -0.1) is 11.8 Å². The van der Waals surface area contributed by atoms with Crippen molar-refractivity contribution in [2.45, 2.75) is 11.8 Å². The number of thioether (sulfide) groups is 1. The van der Waals surface area contributed by atoms with E-state index in [1.54, 1.807) is 0 Å². The first kappa shape index (κ1) is 12.1. The predicted octanol–water partition coefficient (Wildman–Crippen LogP) is 3.18. The van der Waals surface area contributed by atoms with Crippen molar-refractivity contribution >= 4 is 34.2 Å². The van der Waals surface area contributed by atoms with Crippen LogP contribution in [0.1, 0.15) is 5.69 Å². The number of rotatable bonds is 4. The van der Waals surface area contributed by atoms with Gasteiger partial charge in [-0.1, -0.05) is 18.2 Å². The zero-order chi connectivity index (χ0) is 12.1. The largest absolute Gasteiger partial charge is 0.316 e. The van der Waals surface area contributed by atoms with Gasteiger partial charge in [0.1, 0.15) is 5.00 Å². The Balaban J connectivity index is 1.82. The fraction of sp³-hybridized carbons (Fsp3) is 0.167. The fourth-order valence-corrected chi connectivity index (χ4v) is 2.66. The SMILES string of the molecule is Cc1cc(NC(=O)CSc2ccccc2)sn1. The molecule has 2 rings (SSSR count). The quantitative estimate of drug-likeness (QED) is 0.862. The molecule has 0 saturated carbocycles. The minimum atomic E-state index is 0.00232. The zero-order valence-electron chi connectivity index (χ0n) is 9.34. The van der Waals surface area contributed by atoms with Crippen molar-refractivity contribution in [3.05, 3.63) is 42.1 Å². The second-order valence-electron chi connectivity index (χ2n) is 3.48. The number of benzene rings is 1. The lowest BCUT2D eigenvalue weighted by Crippen LogP contribution is -2.12. The number of nitrogens with zero attached hydrogens (tertiary/aromatic N) is 1. The van der Waals surface area contributed by atoms with E-state index in [-0.39, 0.29) is 5.91 Å². The summed E-state index contributed by atoms with van der Waals surface area (Å²) in [4.78, 5) is 12.7. The summed E-state index contributed by atoms with van der Waals surface area (Å²) in [6.07, 6.45) is 0. The van der Waals surface area contributed by atoms with Crippen molar-refractivity contribution < 1.29 is 4.79 Å². The van der Waals surface area contributed by atoms with Crippen molar-refractivity contribution in [2.24, 2.45) is 0 Å². The molecule has 0 aliphatic carbocycles. The number of hydrogen-bond acceptors (Lipinski definition) is 4. The highest BCUT2D eigenvalue weighted by atomic mass is 32.2. The minimum absolute atomic E-state index is 0.00232. The molecular formula is C12H12N2OS2. The van der Waals surface area contributed by atoms with Gasteiger partial charge >= 0.3 is 0 Å². The van der Waals surface area contributed by atoms with Gasteiger partial charge in [-0.3, -0.25) is 4.79 Å². The van der Waals surface area contributed by atoms with Crippen molar-refractivity contribution in [3.8, 4) is 0 Å². The van der Waals surface area contributed by atoms with Gasteiger partial charge in [-0.25, -0.2) is 0 Å². The zero-order valence-corrected chi connectivity index (χ0v) is 11.0. The van der Waals surface area contributed by atoms with Crippen molar-refractivity contribution in [3.63, 3.8) is 0 Å². The van der Waals surface area contributed by atoms with E-state index in [4.69, 9.17) is 0 Å². The Labute approximate surface area is 108 Å². The van der Waals surface area contributed by atoms with E-state index in [2.05, 4.69) is 9.69 Å². The number of carbonyl (C=O) groups is 1. The first-order chi connectivity index (χ1) is 8.24. The van der Waals surface area contributed by atoms with Gasteiger partial charge in [0.2, 0.25) is 5.91 Å². The molecule has 2 aromatic rings. The van der Waals surface area contributed by atoms with Gasteiger partial charge < -0.3 is 5.32 Å². The second kappa shape index (κ2) is 5.84. The molecule has 0 spiro atoms. The molecule has 88 valence electrons.